The van der Waals surface area contributed by atoms with Gasteiger partial charge in [-0.3, -0.25) is 4.79 Å². The molecule has 2 atom stereocenters. The molecule has 3 nitrogen and oxygen atoms in total. The normalized spacial score (nSPS) is 13.2. The second-order valence-electron chi connectivity index (χ2n) is 1.60. The van der Waals surface area contributed by atoms with Crippen LogP contribution in [0.3, 0.4) is 0 Å². The van der Waals surface area contributed by atoms with Crippen LogP contribution in [-0.2, 0) is 4.79 Å². The third-order valence-corrected chi connectivity index (χ3v) is 1.02. The zero-order valence-corrected chi connectivity index (χ0v) is 5.66. The highest BCUT2D eigenvalue weighted by atomic mass is 31.0. The molecule has 0 radical (unpaired) electrons. The van der Waals surface area contributed by atoms with E-state index in [1.165, 1.54) is 0 Å². The Kier molecular flexibility index (Phi) is 3.75. The Morgan fingerprint density at radius 3 is 2.50 bits per heavy atom. The maximum atomic E-state index is 9.84. The van der Waals surface area contributed by atoms with Crippen molar-refractivity contribution in [2.24, 2.45) is 5.73 Å². The minimum atomic E-state index is -0.789. The van der Waals surface area contributed by atoms with Gasteiger partial charge in [-0.1, -0.05) is 0 Å². The van der Waals surface area contributed by atoms with Crippen molar-refractivity contribution in [1.82, 2.24) is 0 Å². The SMILES string of the molecule is NC(P)CCC(=O)O. The average Bonchev–Trinajstić information content (AvgIpc) is 1.61. The first-order valence-electron chi connectivity index (χ1n) is 2.36. The van der Waals surface area contributed by atoms with E-state index in [1.54, 1.807) is 0 Å². The predicted octanol–water partition coefficient (Wildman–Crippen LogP) is 0.0111. The van der Waals surface area contributed by atoms with Gasteiger partial charge in [0.05, 0.1) is 0 Å². The van der Waals surface area contributed by atoms with Gasteiger partial charge in [-0.25, -0.2) is 0 Å². The van der Waals surface area contributed by atoms with Crippen LogP contribution in [0.1, 0.15) is 12.8 Å². The Hall–Kier alpha value is -0.140. The molecule has 8 heavy (non-hydrogen) atoms. The fourth-order valence-electron chi connectivity index (χ4n) is 0.290. The molecule has 0 aromatic heterocycles. The monoisotopic (exact) mass is 135 g/mol. The third-order valence-electron chi connectivity index (χ3n) is 0.692. The molecule has 4 heteroatoms. The molecule has 0 aliphatic carbocycles. The summed E-state index contributed by atoms with van der Waals surface area (Å²) in [5.41, 5.74) is 5.24. The molecule has 0 amide bonds. The van der Waals surface area contributed by atoms with Crippen LogP contribution in [0.15, 0.2) is 0 Å². The largest absolute Gasteiger partial charge is 0.481 e. The second kappa shape index (κ2) is 3.81. The van der Waals surface area contributed by atoms with Crippen molar-refractivity contribution in [3.8, 4) is 0 Å². The van der Waals surface area contributed by atoms with Gasteiger partial charge >= 0.3 is 5.97 Å². The van der Waals surface area contributed by atoms with E-state index in [0.717, 1.165) is 0 Å². The van der Waals surface area contributed by atoms with Crippen LogP contribution in [0.5, 0.6) is 0 Å². The molecular formula is C4H10NO2P. The standard InChI is InChI=1S/C4H10NO2P/c5-3(8)1-2-4(6)7/h3H,1-2,5,8H2,(H,6,7). The first-order valence-corrected chi connectivity index (χ1v) is 3.02. The van der Waals surface area contributed by atoms with Gasteiger partial charge in [-0.15, -0.1) is 9.24 Å². The molecule has 0 aromatic carbocycles. The molecule has 3 N–H and O–H groups in total. The zero-order valence-electron chi connectivity index (χ0n) is 4.50. The van der Waals surface area contributed by atoms with Gasteiger partial charge in [0.2, 0.25) is 0 Å². The summed E-state index contributed by atoms with van der Waals surface area (Å²) in [4.78, 5) is 9.84. The molecule has 0 saturated heterocycles. The number of aliphatic carboxylic acids is 1. The van der Waals surface area contributed by atoms with Crippen molar-refractivity contribution in [1.29, 1.82) is 0 Å². The number of hydrogen-bond donors (Lipinski definition) is 2. The maximum absolute atomic E-state index is 9.84. The number of nitrogens with two attached hydrogens (primary N) is 1. The molecule has 0 aromatic rings. The van der Waals surface area contributed by atoms with Gasteiger partial charge < -0.3 is 10.8 Å². The zero-order chi connectivity index (χ0) is 6.57. The van der Waals surface area contributed by atoms with E-state index >= 15 is 0 Å². The van der Waals surface area contributed by atoms with Crippen molar-refractivity contribution in [2.45, 2.75) is 18.6 Å². The third kappa shape index (κ3) is 5.86. The van der Waals surface area contributed by atoms with Crippen molar-refractivity contribution in [3.63, 3.8) is 0 Å². The van der Waals surface area contributed by atoms with E-state index in [4.69, 9.17) is 10.8 Å². The summed E-state index contributed by atoms with van der Waals surface area (Å²) in [5.74, 6) is -0.867. The summed E-state index contributed by atoms with van der Waals surface area (Å²) in [7, 11) is 2.34. The quantitative estimate of drug-likeness (QED) is 0.536. The Morgan fingerprint density at radius 1 is 1.88 bits per heavy atom. The van der Waals surface area contributed by atoms with Gasteiger partial charge in [-0.05, 0) is 6.42 Å². The van der Waals surface area contributed by atoms with Crippen LogP contribution in [0.25, 0.3) is 0 Å². The van der Waals surface area contributed by atoms with Crippen LogP contribution in [0, 0.1) is 0 Å². The Balaban J connectivity index is 3.05. The Bertz CT molecular complexity index is 84.1. The van der Waals surface area contributed by atoms with E-state index in [-0.39, 0.29) is 12.2 Å². The van der Waals surface area contributed by atoms with Crippen LogP contribution >= 0.6 is 9.24 Å². The molecule has 0 rings (SSSR count). The average molecular weight is 135 g/mol. The fourth-order valence-corrected chi connectivity index (χ4v) is 0.457. The molecular weight excluding hydrogens is 125 g/mol. The highest BCUT2D eigenvalue weighted by molar-refractivity contribution is 7.17. The molecule has 0 aliphatic rings. The van der Waals surface area contributed by atoms with Gasteiger partial charge in [0, 0.05) is 12.2 Å². The fraction of sp³-hybridized carbons (Fsp3) is 0.750. The summed E-state index contributed by atoms with van der Waals surface area (Å²) in [6, 6.07) is 0. The van der Waals surface area contributed by atoms with Crippen LogP contribution in [0.4, 0.5) is 0 Å². The van der Waals surface area contributed by atoms with E-state index < -0.39 is 5.97 Å². The van der Waals surface area contributed by atoms with E-state index in [1.807, 2.05) is 0 Å². The molecule has 0 aliphatic heterocycles. The number of carboxylic acids is 1. The van der Waals surface area contributed by atoms with Crippen LogP contribution in [-0.4, -0.2) is 16.9 Å². The lowest BCUT2D eigenvalue weighted by atomic mass is 10.3. The van der Waals surface area contributed by atoms with Gasteiger partial charge in [0.15, 0.2) is 0 Å². The summed E-state index contributed by atoms with van der Waals surface area (Å²) >= 11 is 0. The van der Waals surface area contributed by atoms with Gasteiger partial charge in [0.1, 0.15) is 0 Å². The first-order chi connectivity index (χ1) is 3.63. The topological polar surface area (TPSA) is 63.3 Å². The Morgan fingerprint density at radius 2 is 2.38 bits per heavy atom. The van der Waals surface area contributed by atoms with E-state index in [2.05, 4.69) is 9.24 Å². The number of carbonyl (C=O) groups is 1. The molecule has 48 valence electrons. The molecule has 0 saturated carbocycles. The van der Waals surface area contributed by atoms with Gasteiger partial charge in [0.25, 0.3) is 0 Å². The van der Waals surface area contributed by atoms with Crippen molar-refractivity contribution in [3.05, 3.63) is 0 Å². The maximum Gasteiger partial charge on any atom is 0.303 e. The molecule has 2 unspecified atom stereocenters. The molecule has 0 fully saturated rings. The number of carboxylic acid groups (broad SMARTS) is 1. The minimum Gasteiger partial charge on any atom is -0.481 e. The summed E-state index contributed by atoms with van der Waals surface area (Å²) in [5, 5.41) is 8.10. The molecule has 0 spiro atoms. The van der Waals surface area contributed by atoms with Crippen LogP contribution < -0.4 is 5.73 Å². The van der Waals surface area contributed by atoms with E-state index in [9.17, 15) is 4.79 Å². The number of hydrogen-bond acceptors (Lipinski definition) is 2. The highest BCUT2D eigenvalue weighted by Crippen LogP contribution is 1.99. The lowest BCUT2D eigenvalue weighted by molar-refractivity contribution is -0.137. The summed E-state index contributed by atoms with van der Waals surface area (Å²) < 4.78 is 0. The minimum absolute atomic E-state index is 0.0777. The van der Waals surface area contributed by atoms with Crippen LogP contribution in [0.2, 0.25) is 0 Å². The van der Waals surface area contributed by atoms with Crippen molar-refractivity contribution in [2.75, 3.05) is 0 Å². The van der Waals surface area contributed by atoms with Crippen molar-refractivity contribution < 1.29 is 9.90 Å². The second-order valence-corrected chi connectivity index (χ2v) is 2.45. The Labute approximate surface area is 50.5 Å². The smallest absolute Gasteiger partial charge is 0.303 e. The number of rotatable bonds is 3. The molecule has 0 heterocycles. The lowest BCUT2D eigenvalue weighted by Crippen LogP contribution is -2.12. The predicted molar refractivity (Wildman–Crippen MR) is 34.6 cm³/mol. The lowest BCUT2D eigenvalue weighted by Gasteiger charge is -1.98. The van der Waals surface area contributed by atoms with Crippen molar-refractivity contribution >= 4 is 15.2 Å². The van der Waals surface area contributed by atoms with E-state index in [0.29, 0.717) is 6.42 Å². The molecule has 0 bridgehead atoms. The highest BCUT2D eigenvalue weighted by Gasteiger charge is 1.98. The first kappa shape index (κ1) is 7.86. The summed E-state index contributed by atoms with van der Waals surface area (Å²) in [6.07, 6.45) is 0.685. The van der Waals surface area contributed by atoms with Gasteiger partial charge in [-0.2, -0.15) is 0 Å². The summed E-state index contributed by atoms with van der Waals surface area (Å²) in [6.45, 7) is 0.